The van der Waals surface area contributed by atoms with Gasteiger partial charge in [0.2, 0.25) is 5.95 Å². The predicted octanol–water partition coefficient (Wildman–Crippen LogP) is 3.81. The third kappa shape index (κ3) is 4.63. The lowest BCUT2D eigenvalue weighted by molar-refractivity contribution is 0.354. The highest BCUT2D eigenvalue weighted by Crippen LogP contribution is 2.27. The molecule has 2 N–H and O–H groups in total. The van der Waals surface area contributed by atoms with Gasteiger partial charge in [-0.3, -0.25) is 0 Å². The Hall–Kier alpha value is -3.35. The molecule has 0 saturated heterocycles. The Morgan fingerprint density at radius 1 is 1.00 bits per heavy atom. The van der Waals surface area contributed by atoms with Crippen LogP contribution in [0.4, 0.5) is 17.5 Å². The molecular formula is C20H23N5O2. The van der Waals surface area contributed by atoms with Crippen molar-refractivity contribution in [2.45, 2.75) is 19.9 Å². The molecule has 0 bridgehead atoms. The van der Waals surface area contributed by atoms with Gasteiger partial charge in [0.25, 0.3) is 0 Å². The summed E-state index contributed by atoms with van der Waals surface area (Å²) in [6, 6.07) is 13.9. The zero-order valence-corrected chi connectivity index (χ0v) is 15.7. The Morgan fingerprint density at radius 2 is 1.81 bits per heavy atom. The maximum absolute atomic E-state index is 5.33. The third-order valence-corrected chi connectivity index (χ3v) is 4.12. The van der Waals surface area contributed by atoms with Gasteiger partial charge >= 0.3 is 0 Å². The van der Waals surface area contributed by atoms with Gasteiger partial charge in [-0.15, -0.1) is 5.10 Å². The molecule has 0 aliphatic rings. The second kappa shape index (κ2) is 8.84. The lowest BCUT2D eigenvalue weighted by Gasteiger charge is -2.12. The van der Waals surface area contributed by atoms with Crippen LogP contribution >= 0.6 is 0 Å². The van der Waals surface area contributed by atoms with Crippen molar-refractivity contribution in [3.8, 4) is 11.5 Å². The van der Waals surface area contributed by atoms with Crippen LogP contribution < -0.4 is 20.1 Å². The molecule has 0 saturated carbocycles. The van der Waals surface area contributed by atoms with E-state index in [1.807, 2.05) is 36.4 Å². The highest BCUT2D eigenvalue weighted by molar-refractivity contribution is 5.60. The number of ether oxygens (including phenoxy) is 2. The molecular weight excluding hydrogens is 342 g/mol. The van der Waals surface area contributed by atoms with Gasteiger partial charge in [0, 0.05) is 12.2 Å². The number of anilines is 3. The van der Waals surface area contributed by atoms with E-state index in [1.54, 1.807) is 20.4 Å². The number of aryl methyl sites for hydroxylation is 1. The van der Waals surface area contributed by atoms with Crippen molar-refractivity contribution < 1.29 is 9.47 Å². The van der Waals surface area contributed by atoms with Crippen LogP contribution in [0.2, 0.25) is 0 Å². The SMILES string of the molecule is CCc1ccccc1Nc1cnnc(NCc2ccc(OC)c(OC)c2)n1. The monoisotopic (exact) mass is 365 g/mol. The molecule has 0 aliphatic carbocycles. The first kappa shape index (κ1) is 18.4. The average molecular weight is 365 g/mol. The number of para-hydroxylation sites is 1. The molecule has 0 unspecified atom stereocenters. The molecule has 0 spiro atoms. The zero-order chi connectivity index (χ0) is 19.1. The van der Waals surface area contributed by atoms with Gasteiger partial charge in [-0.2, -0.15) is 10.1 Å². The van der Waals surface area contributed by atoms with Crippen molar-refractivity contribution in [3.63, 3.8) is 0 Å². The van der Waals surface area contributed by atoms with E-state index in [0.717, 1.165) is 17.7 Å². The standard InChI is InChI=1S/C20H23N5O2/c1-4-15-7-5-6-8-16(15)23-19-13-22-25-20(24-19)21-12-14-9-10-17(26-2)18(11-14)27-3/h5-11,13H,4,12H2,1-3H3,(H2,21,23,24,25). The Labute approximate surface area is 158 Å². The van der Waals surface area contributed by atoms with Crippen molar-refractivity contribution in [1.82, 2.24) is 15.2 Å². The van der Waals surface area contributed by atoms with Crippen LogP contribution in [0.25, 0.3) is 0 Å². The minimum Gasteiger partial charge on any atom is -0.493 e. The fourth-order valence-corrected chi connectivity index (χ4v) is 2.70. The van der Waals surface area contributed by atoms with E-state index in [1.165, 1.54) is 5.56 Å². The summed E-state index contributed by atoms with van der Waals surface area (Å²) in [5, 5.41) is 14.6. The molecule has 7 nitrogen and oxygen atoms in total. The number of nitrogens with zero attached hydrogens (tertiary/aromatic N) is 3. The second-order valence-corrected chi connectivity index (χ2v) is 5.84. The third-order valence-electron chi connectivity index (χ3n) is 4.12. The van der Waals surface area contributed by atoms with Gasteiger partial charge < -0.3 is 20.1 Å². The fraction of sp³-hybridized carbons (Fsp3) is 0.250. The number of hydrogen-bond donors (Lipinski definition) is 2. The van der Waals surface area contributed by atoms with Gasteiger partial charge in [-0.25, -0.2) is 0 Å². The van der Waals surface area contributed by atoms with E-state index < -0.39 is 0 Å². The van der Waals surface area contributed by atoms with Gasteiger partial charge in [0.05, 0.1) is 20.4 Å². The smallest absolute Gasteiger partial charge is 0.244 e. The summed E-state index contributed by atoms with van der Waals surface area (Å²) < 4.78 is 10.6. The summed E-state index contributed by atoms with van der Waals surface area (Å²) in [4.78, 5) is 4.48. The van der Waals surface area contributed by atoms with E-state index in [4.69, 9.17) is 9.47 Å². The Kier molecular flexibility index (Phi) is 6.04. The van der Waals surface area contributed by atoms with Crippen LogP contribution in [0.5, 0.6) is 11.5 Å². The number of benzene rings is 2. The minimum atomic E-state index is 0.448. The van der Waals surface area contributed by atoms with Gasteiger partial charge in [0.1, 0.15) is 0 Å². The lowest BCUT2D eigenvalue weighted by Crippen LogP contribution is -2.07. The Morgan fingerprint density at radius 3 is 2.59 bits per heavy atom. The molecule has 1 aromatic heterocycles. The van der Waals surface area contributed by atoms with Crippen LogP contribution in [-0.4, -0.2) is 29.4 Å². The summed E-state index contributed by atoms with van der Waals surface area (Å²) >= 11 is 0. The van der Waals surface area contributed by atoms with Crippen LogP contribution in [-0.2, 0) is 13.0 Å². The summed E-state index contributed by atoms with van der Waals surface area (Å²) in [7, 11) is 3.23. The quantitative estimate of drug-likeness (QED) is 0.628. The molecule has 140 valence electrons. The molecule has 0 fully saturated rings. The lowest BCUT2D eigenvalue weighted by atomic mass is 10.1. The molecule has 7 heteroatoms. The number of nitrogens with one attached hydrogen (secondary N) is 2. The van der Waals surface area contributed by atoms with Crippen LogP contribution in [0.15, 0.2) is 48.7 Å². The molecule has 2 aromatic carbocycles. The number of methoxy groups -OCH3 is 2. The first-order valence-electron chi connectivity index (χ1n) is 8.73. The number of aromatic nitrogens is 3. The fourth-order valence-electron chi connectivity index (χ4n) is 2.70. The first-order chi connectivity index (χ1) is 13.2. The zero-order valence-electron chi connectivity index (χ0n) is 15.7. The largest absolute Gasteiger partial charge is 0.493 e. The van der Waals surface area contributed by atoms with E-state index in [0.29, 0.717) is 29.8 Å². The van der Waals surface area contributed by atoms with Crippen molar-refractivity contribution in [3.05, 3.63) is 59.8 Å². The van der Waals surface area contributed by atoms with E-state index in [-0.39, 0.29) is 0 Å². The molecule has 3 aromatic rings. The van der Waals surface area contributed by atoms with Crippen LogP contribution in [0.3, 0.4) is 0 Å². The van der Waals surface area contributed by atoms with E-state index >= 15 is 0 Å². The predicted molar refractivity (Wildman–Crippen MR) is 106 cm³/mol. The maximum Gasteiger partial charge on any atom is 0.244 e. The summed E-state index contributed by atoms with van der Waals surface area (Å²) in [5.74, 6) is 2.46. The van der Waals surface area contributed by atoms with Crippen molar-refractivity contribution in [2.24, 2.45) is 0 Å². The van der Waals surface area contributed by atoms with Gasteiger partial charge in [-0.1, -0.05) is 31.2 Å². The molecule has 0 amide bonds. The number of hydrogen-bond acceptors (Lipinski definition) is 7. The second-order valence-electron chi connectivity index (χ2n) is 5.84. The summed E-state index contributed by atoms with van der Waals surface area (Å²) in [5.41, 5.74) is 3.26. The van der Waals surface area contributed by atoms with E-state index in [9.17, 15) is 0 Å². The Bertz CT molecular complexity index is 901. The highest BCUT2D eigenvalue weighted by atomic mass is 16.5. The molecule has 3 rings (SSSR count). The molecule has 0 aliphatic heterocycles. The van der Waals surface area contributed by atoms with Crippen molar-refractivity contribution in [1.29, 1.82) is 0 Å². The van der Waals surface area contributed by atoms with Crippen molar-refractivity contribution in [2.75, 3.05) is 24.9 Å². The van der Waals surface area contributed by atoms with E-state index in [2.05, 4.69) is 38.8 Å². The highest BCUT2D eigenvalue weighted by Gasteiger charge is 2.07. The normalized spacial score (nSPS) is 10.3. The van der Waals surface area contributed by atoms with Gasteiger partial charge in [-0.05, 0) is 35.7 Å². The molecule has 27 heavy (non-hydrogen) atoms. The van der Waals surface area contributed by atoms with Crippen LogP contribution in [0, 0.1) is 0 Å². The maximum atomic E-state index is 5.33. The first-order valence-corrected chi connectivity index (χ1v) is 8.73. The van der Waals surface area contributed by atoms with Crippen LogP contribution in [0.1, 0.15) is 18.1 Å². The summed E-state index contributed by atoms with van der Waals surface area (Å²) in [6.45, 7) is 2.66. The minimum absolute atomic E-state index is 0.448. The summed E-state index contributed by atoms with van der Waals surface area (Å²) in [6.07, 6.45) is 2.54. The molecule has 0 atom stereocenters. The molecule has 1 heterocycles. The molecule has 0 radical (unpaired) electrons. The Balaban J connectivity index is 1.69. The topological polar surface area (TPSA) is 81.2 Å². The number of rotatable bonds is 8. The average Bonchev–Trinajstić information content (AvgIpc) is 2.72. The van der Waals surface area contributed by atoms with Gasteiger partial charge in [0.15, 0.2) is 17.3 Å². The van der Waals surface area contributed by atoms with Crippen molar-refractivity contribution >= 4 is 17.5 Å².